The van der Waals surface area contributed by atoms with Crippen LogP contribution in [0.4, 0.5) is 5.69 Å². The molecule has 106 valence electrons. The first kappa shape index (κ1) is 16.0. The molecule has 0 spiro atoms. The molecule has 0 aliphatic heterocycles. The number of halogens is 1. The summed E-state index contributed by atoms with van der Waals surface area (Å²) in [5.41, 5.74) is 1.77. The van der Waals surface area contributed by atoms with E-state index in [1.54, 1.807) is 6.92 Å². The number of nitrogens with one attached hydrogen (secondary N) is 1. The Morgan fingerprint density at radius 1 is 1.53 bits per heavy atom. The van der Waals surface area contributed by atoms with Crippen LogP contribution in [0.2, 0.25) is 0 Å². The quantitative estimate of drug-likeness (QED) is 0.843. The Balaban J connectivity index is 2.70. The van der Waals surface area contributed by atoms with Gasteiger partial charge in [-0.3, -0.25) is 4.79 Å². The average Bonchev–Trinajstić information content (AvgIpc) is 2.35. The number of carbonyl (C=O) groups excluding carboxylic acids is 1. The van der Waals surface area contributed by atoms with E-state index in [0.717, 1.165) is 22.1 Å². The van der Waals surface area contributed by atoms with E-state index in [1.807, 2.05) is 37.1 Å². The van der Waals surface area contributed by atoms with Gasteiger partial charge < -0.3 is 15.3 Å². The van der Waals surface area contributed by atoms with Crippen LogP contribution in [0.3, 0.4) is 0 Å². The molecule has 2 N–H and O–H groups in total. The zero-order chi connectivity index (χ0) is 14.4. The van der Waals surface area contributed by atoms with Crippen LogP contribution in [0.25, 0.3) is 0 Å². The molecule has 0 aromatic heterocycles. The fourth-order valence-electron chi connectivity index (χ4n) is 1.72. The largest absolute Gasteiger partial charge is 0.389 e. The summed E-state index contributed by atoms with van der Waals surface area (Å²) in [5, 5.41) is 12.4. The Bertz CT molecular complexity index is 435. The van der Waals surface area contributed by atoms with Gasteiger partial charge in [-0.05, 0) is 31.0 Å². The molecule has 19 heavy (non-hydrogen) atoms. The average molecular weight is 329 g/mol. The maximum atomic E-state index is 11.6. The lowest BCUT2D eigenvalue weighted by Crippen LogP contribution is -2.35. The number of aliphatic hydroxyl groups is 1. The zero-order valence-corrected chi connectivity index (χ0v) is 13.2. The van der Waals surface area contributed by atoms with Crippen LogP contribution in [0, 0.1) is 0 Å². The van der Waals surface area contributed by atoms with E-state index in [9.17, 15) is 9.90 Å². The SMILES string of the molecule is CCCNC(=O)CN(C)c1ccc(C(C)O)c(Br)c1. The van der Waals surface area contributed by atoms with Gasteiger partial charge in [-0.25, -0.2) is 0 Å². The number of carbonyl (C=O) groups is 1. The van der Waals surface area contributed by atoms with Crippen molar-refractivity contribution < 1.29 is 9.90 Å². The van der Waals surface area contributed by atoms with Crippen LogP contribution in [-0.2, 0) is 4.79 Å². The molecule has 1 aromatic rings. The first-order valence-corrected chi connectivity index (χ1v) is 7.20. The van der Waals surface area contributed by atoms with E-state index in [0.29, 0.717) is 13.1 Å². The summed E-state index contributed by atoms with van der Waals surface area (Å²) in [6.45, 7) is 4.77. The molecule has 0 saturated heterocycles. The van der Waals surface area contributed by atoms with Crippen LogP contribution < -0.4 is 10.2 Å². The number of nitrogens with zero attached hydrogens (tertiary/aromatic N) is 1. The number of rotatable bonds is 6. The number of aliphatic hydroxyl groups excluding tert-OH is 1. The number of hydrogen-bond donors (Lipinski definition) is 2. The van der Waals surface area contributed by atoms with Gasteiger partial charge in [0.2, 0.25) is 5.91 Å². The molecular weight excluding hydrogens is 308 g/mol. The third-order valence-electron chi connectivity index (χ3n) is 2.83. The second-order valence-electron chi connectivity index (χ2n) is 4.59. The van der Waals surface area contributed by atoms with Crippen molar-refractivity contribution in [1.82, 2.24) is 5.32 Å². The lowest BCUT2D eigenvalue weighted by atomic mass is 10.1. The highest BCUT2D eigenvalue weighted by atomic mass is 79.9. The summed E-state index contributed by atoms with van der Waals surface area (Å²) >= 11 is 3.44. The molecule has 1 unspecified atom stereocenters. The number of likely N-dealkylation sites (N-methyl/N-ethyl adjacent to an activating group) is 1. The molecule has 5 heteroatoms. The highest BCUT2D eigenvalue weighted by molar-refractivity contribution is 9.10. The van der Waals surface area contributed by atoms with Crippen LogP contribution in [0.5, 0.6) is 0 Å². The Labute approximate surface area is 122 Å². The molecule has 0 aliphatic carbocycles. The van der Waals surface area contributed by atoms with Crippen molar-refractivity contribution in [1.29, 1.82) is 0 Å². The van der Waals surface area contributed by atoms with E-state index >= 15 is 0 Å². The summed E-state index contributed by atoms with van der Waals surface area (Å²) in [5.74, 6) is 0.0140. The minimum Gasteiger partial charge on any atom is -0.389 e. The maximum Gasteiger partial charge on any atom is 0.239 e. The first-order chi connectivity index (χ1) is 8.95. The lowest BCUT2D eigenvalue weighted by molar-refractivity contribution is -0.119. The van der Waals surface area contributed by atoms with Gasteiger partial charge in [-0.1, -0.05) is 28.9 Å². The van der Waals surface area contributed by atoms with Crippen LogP contribution >= 0.6 is 15.9 Å². The summed E-state index contributed by atoms with van der Waals surface area (Å²) in [6, 6.07) is 5.68. The van der Waals surface area contributed by atoms with Crippen molar-refractivity contribution in [3.8, 4) is 0 Å². The fourth-order valence-corrected chi connectivity index (χ4v) is 2.42. The second-order valence-corrected chi connectivity index (χ2v) is 5.44. The Morgan fingerprint density at radius 3 is 2.74 bits per heavy atom. The molecule has 0 aliphatic rings. The van der Waals surface area contributed by atoms with Gasteiger partial charge in [0.05, 0.1) is 12.6 Å². The van der Waals surface area contributed by atoms with Crippen molar-refractivity contribution in [3.05, 3.63) is 28.2 Å². The van der Waals surface area contributed by atoms with E-state index < -0.39 is 6.10 Å². The van der Waals surface area contributed by atoms with Gasteiger partial charge >= 0.3 is 0 Å². The van der Waals surface area contributed by atoms with Gasteiger partial charge in [0, 0.05) is 23.8 Å². The van der Waals surface area contributed by atoms with Crippen molar-refractivity contribution >= 4 is 27.5 Å². The summed E-state index contributed by atoms with van der Waals surface area (Å²) < 4.78 is 0.848. The van der Waals surface area contributed by atoms with Crippen molar-refractivity contribution in [2.24, 2.45) is 0 Å². The molecule has 0 bridgehead atoms. The van der Waals surface area contributed by atoms with E-state index in [2.05, 4.69) is 21.2 Å². The molecule has 1 atom stereocenters. The predicted molar refractivity (Wildman–Crippen MR) is 81.3 cm³/mol. The van der Waals surface area contributed by atoms with Crippen LogP contribution in [0.15, 0.2) is 22.7 Å². The third-order valence-corrected chi connectivity index (χ3v) is 3.51. The molecule has 4 nitrogen and oxygen atoms in total. The molecule has 1 rings (SSSR count). The van der Waals surface area contributed by atoms with Crippen LogP contribution in [0.1, 0.15) is 31.9 Å². The highest BCUT2D eigenvalue weighted by Crippen LogP contribution is 2.27. The Morgan fingerprint density at radius 2 is 2.21 bits per heavy atom. The molecule has 0 fully saturated rings. The number of benzene rings is 1. The van der Waals surface area contributed by atoms with Gasteiger partial charge in [-0.2, -0.15) is 0 Å². The van der Waals surface area contributed by atoms with Gasteiger partial charge in [0.25, 0.3) is 0 Å². The van der Waals surface area contributed by atoms with E-state index in [4.69, 9.17) is 0 Å². The fraction of sp³-hybridized carbons (Fsp3) is 0.500. The third kappa shape index (κ3) is 4.84. The number of anilines is 1. The minimum absolute atomic E-state index is 0.0140. The van der Waals surface area contributed by atoms with Crippen molar-refractivity contribution in [3.63, 3.8) is 0 Å². The summed E-state index contributed by atoms with van der Waals surface area (Å²) in [6.07, 6.45) is 0.422. The Hall–Kier alpha value is -1.07. The topological polar surface area (TPSA) is 52.6 Å². The number of hydrogen-bond acceptors (Lipinski definition) is 3. The smallest absolute Gasteiger partial charge is 0.239 e. The minimum atomic E-state index is -0.512. The lowest BCUT2D eigenvalue weighted by Gasteiger charge is -2.20. The summed E-state index contributed by atoms with van der Waals surface area (Å²) in [7, 11) is 1.87. The van der Waals surface area contributed by atoms with Crippen LogP contribution in [-0.4, -0.2) is 31.2 Å². The second kappa shape index (κ2) is 7.50. The molecule has 1 amide bonds. The molecule has 0 heterocycles. The monoisotopic (exact) mass is 328 g/mol. The molecular formula is C14H21BrN2O2. The highest BCUT2D eigenvalue weighted by Gasteiger charge is 2.11. The number of amides is 1. The maximum absolute atomic E-state index is 11.6. The zero-order valence-electron chi connectivity index (χ0n) is 11.6. The van der Waals surface area contributed by atoms with Crippen molar-refractivity contribution in [2.45, 2.75) is 26.4 Å². The van der Waals surface area contributed by atoms with E-state index in [1.165, 1.54) is 0 Å². The normalized spacial score (nSPS) is 12.1. The van der Waals surface area contributed by atoms with Crippen molar-refractivity contribution in [2.75, 3.05) is 25.0 Å². The summed E-state index contributed by atoms with van der Waals surface area (Å²) in [4.78, 5) is 13.5. The molecule has 0 saturated carbocycles. The molecule has 1 aromatic carbocycles. The van der Waals surface area contributed by atoms with Gasteiger partial charge in [0.15, 0.2) is 0 Å². The van der Waals surface area contributed by atoms with Gasteiger partial charge in [-0.15, -0.1) is 0 Å². The first-order valence-electron chi connectivity index (χ1n) is 6.41. The van der Waals surface area contributed by atoms with Gasteiger partial charge in [0.1, 0.15) is 0 Å². The predicted octanol–water partition coefficient (Wildman–Crippen LogP) is 2.46. The molecule has 0 radical (unpaired) electrons. The van der Waals surface area contributed by atoms with E-state index in [-0.39, 0.29) is 5.91 Å². The Kier molecular flexibility index (Phi) is 6.31. The standard InChI is InChI=1S/C14H21BrN2O2/c1-4-7-16-14(19)9-17(3)11-5-6-12(10(2)18)13(15)8-11/h5-6,8,10,18H,4,7,9H2,1-3H3,(H,16,19).